The lowest BCUT2D eigenvalue weighted by Crippen LogP contribution is -2.38. The molecule has 0 spiro atoms. The number of carbonyl (C=O) groups is 1. The van der Waals surface area contributed by atoms with Crippen molar-refractivity contribution in [3.05, 3.63) is 5.01 Å². The van der Waals surface area contributed by atoms with Crippen molar-refractivity contribution < 1.29 is 13.2 Å². The summed E-state index contributed by atoms with van der Waals surface area (Å²) in [5, 5.41) is 14.3. The van der Waals surface area contributed by atoms with Gasteiger partial charge in [-0.05, 0) is 12.8 Å². The summed E-state index contributed by atoms with van der Waals surface area (Å²) < 4.78 is 22.5. The molecule has 0 unspecified atom stereocenters. The molecule has 0 radical (unpaired) electrons. The fourth-order valence-electron chi connectivity index (χ4n) is 1.85. The number of urea groups is 1. The summed E-state index contributed by atoms with van der Waals surface area (Å²) in [5.41, 5.74) is 0. The van der Waals surface area contributed by atoms with Crippen molar-refractivity contribution in [2.24, 2.45) is 0 Å². The molecular weight excluding hydrogens is 288 g/mol. The number of nitrogens with one attached hydrogen (secondary N) is 2. The predicted octanol–water partition coefficient (Wildman–Crippen LogP) is 0.799. The smallest absolute Gasteiger partial charge is 0.321 e. The van der Waals surface area contributed by atoms with Crippen molar-refractivity contribution in [2.45, 2.75) is 32.2 Å². The number of aromatic nitrogens is 2. The number of rotatable bonds is 4. The molecule has 0 bridgehead atoms. The third-order valence-corrected chi connectivity index (χ3v) is 5.39. The average Bonchev–Trinajstić information content (AvgIpc) is 2.86. The highest BCUT2D eigenvalue weighted by atomic mass is 32.2. The fourth-order valence-corrected chi connectivity index (χ4v) is 4.36. The average molecular weight is 304 g/mol. The van der Waals surface area contributed by atoms with E-state index in [1.165, 1.54) is 11.3 Å². The monoisotopic (exact) mass is 304 g/mol. The van der Waals surface area contributed by atoms with Gasteiger partial charge in [-0.1, -0.05) is 18.3 Å². The number of aryl methyl sites for hydroxylation is 1. The predicted molar refractivity (Wildman–Crippen MR) is 73.1 cm³/mol. The van der Waals surface area contributed by atoms with Crippen molar-refractivity contribution in [3.8, 4) is 0 Å². The van der Waals surface area contributed by atoms with E-state index in [1.54, 1.807) is 0 Å². The molecule has 1 aliphatic heterocycles. The molecule has 1 aromatic rings. The first kappa shape index (κ1) is 14.2. The van der Waals surface area contributed by atoms with Gasteiger partial charge in [-0.15, -0.1) is 10.2 Å². The highest BCUT2D eigenvalue weighted by Gasteiger charge is 2.29. The number of anilines is 1. The Balaban J connectivity index is 1.84. The van der Waals surface area contributed by atoms with Gasteiger partial charge in [0, 0.05) is 12.5 Å². The summed E-state index contributed by atoms with van der Waals surface area (Å²) in [6, 6.07) is -0.741. The zero-order valence-electron chi connectivity index (χ0n) is 10.5. The van der Waals surface area contributed by atoms with Gasteiger partial charge in [-0.2, -0.15) is 0 Å². The van der Waals surface area contributed by atoms with Crippen LogP contribution < -0.4 is 10.6 Å². The summed E-state index contributed by atoms with van der Waals surface area (Å²) in [6.07, 6.45) is 2.27. The first-order valence-corrected chi connectivity index (χ1v) is 8.72. The van der Waals surface area contributed by atoms with Crippen LogP contribution in [0.4, 0.5) is 9.93 Å². The lowest BCUT2D eigenvalue weighted by molar-refractivity contribution is 0.249. The van der Waals surface area contributed by atoms with Gasteiger partial charge >= 0.3 is 6.03 Å². The summed E-state index contributed by atoms with van der Waals surface area (Å²) in [7, 11) is -2.99. The molecule has 9 heteroatoms. The Hall–Kier alpha value is -1.22. The normalized spacial score (nSPS) is 21.2. The molecule has 19 heavy (non-hydrogen) atoms. The van der Waals surface area contributed by atoms with E-state index in [9.17, 15) is 13.2 Å². The molecule has 106 valence electrons. The van der Waals surface area contributed by atoms with Crippen LogP contribution in [0.2, 0.25) is 0 Å². The minimum atomic E-state index is -2.99. The molecule has 0 aromatic carbocycles. The molecule has 1 aliphatic rings. The third kappa shape index (κ3) is 4.13. The fraction of sp³-hybridized carbons (Fsp3) is 0.700. The molecular formula is C10H16N4O3S2. The second kappa shape index (κ2) is 5.83. The number of hydrogen-bond acceptors (Lipinski definition) is 6. The van der Waals surface area contributed by atoms with Crippen LogP contribution in [0, 0.1) is 0 Å². The number of nitrogens with zero attached hydrogens (tertiary/aromatic N) is 2. The van der Waals surface area contributed by atoms with Crippen molar-refractivity contribution in [2.75, 3.05) is 16.8 Å². The van der Waals surface area contributed by atoms with E-state index in [-0.39, 0.29) is 17.5 Å². The van der Waals surface area contributed by atoms with E-state index in [0.29, 0.717) is 11.6 Å². The van der Waals surface area contributed by atoms with Crippen LogP contribution >= 0.6 is 11.3 Å². The van der Waals surface area contributed by atoms with Gasteiger partial charge < -0.3 is 5.32 Å². The van der Waals surface area contributed by atoms with Crippen LogP contribution in [0.25, 0.3) is 0 Å². The van der Waals surface area contributed by atoms with Gasteiger partial charge in [0.05, 0.1) is 11.5 Å². The van der Waals surface area contributed by atoms with E-state index in [2.05, 4.69) is 20.8 Å². The summed E-state index contributed by atoms with van der Waals surface area (Å²) in [5.74, 6) is 0.148. The van der Waals surface area contributed by atoms with E-state index >= 15 is 0 Å². The molecule has 0 saturated carbocycles. The van der Waals surface area contributed by atoms with Crippen LogP contribution in [0.5, 0.6) is 0 Å². The quantitative estimate of drug-likeness (QED) is 0.856. The largest absolute Gasteiger partial charge is 0.334 e. The number of carbonyl (C=O) groups excluding carboxylic acids is 1. The second-order valence-corrected chi connectivity index (χ2v) is 7.74. The first-order chi connectivity index (χ1) is 8.98. The van der Waals surface area contributed by atoms with Gasteiger partial charge in [0.2, 0.25) is 5.13 Å². The van der Waals surface area contributed by atoms with Crippen LogP contribution in [0.3, 0.4) is 0 Å². The van der Waals surface area contributed by atoms with Crippen molar-refractivity contribution in [1.29, 1.82) is 0 Å². The second-order valence-electron chi connectivity index (χ2n) is 4.45. The Labute approximate surface area is 115 Å². The maximum absolute atomic E-state index is 11.7. The Morgan fingerprint density at radius 2 is 2.26 bits per heavy atom. The van der Waals surface area contributed by atoms with Crippen LogP contribution in [0.1, 0.15) is 24.8 Å². The summed E-state index contributed by atoms with van der Waals surface area (Å²) in [6.45, 7) is 2.04. The molecule has 1 atom stereocenters. The van der Waals surface area contributed by atoms with Crippen LogP contribution in [0.15, 0.2) is 0 Å². The topological polar surface area (TPSA) is 101 Å². The standard InChI is InChI=1S/C10H16N4O3S2/c1-2-3-8-13-14-10(18-8)12-9(15)11-7-4-5-19(16,17)6-7/h7H,2-6H2,1H3,(H2,11,12,14,15)/t7-/m1/s1. The Bertz CT molecular complexity index is 555. The van der Waals surface area contributed by atoms with Gasteiger partial charge in [0.25, 0.3) is 0 Å². The lowest BCUT2D eigenvalue weighted by Gasteiger charge is -2.09. The zero-order chi connectivity index (χ0) is 13.9. The SMILES string of the molecule is CCCc1nnc(NC(=O)N[C@@H]2CCS(=O)(=O)C2)s1. The molecule has 1 aromatic heterocycles. The number of amides is 2. The Morgan fingerprint density at radius 3 is 2.89 bits per heavy atom. The molecule has 2 rings (SSSR count). The maximum atomic E-state index is 11.7. The third-order valence-electron chi connectivity index (χ3n) is 2.72. The first-order valence-electron chi connectivity index (χ1n) is 6.09. The molecule has 2 heterocycles. The van der Waals surface area contributed by atoms with Crippen molar-refractivity contribution >= 4 is 32.3 Å². The molecule has 2 amide bonds. The molecule has 7 nitrogen and oxygen atoms in total. The number of hydrogen-bond donors (Lipinski definition) is 2. The van der Waals surface area contributed by atoms with Crippen LogP contribution in [-0.2, 0) is 16.3 Å². The van der Waals surface area contributed by atoms with Gasteiger partial charge in [0.15, 0.2) is 9.84 Å². The highest BCUT2D eigenvalue weighted by molar-refractivity contribution is 7.91. The van der Waals surface area contributed by atoms with Crippen molar-refractivity contribution in [1.82, 2.24) is 15.5 Å². The zero-order valence-corrected chi connectivity index (χ0v) is 12.2. The van der Waals surface area contributed by atoms with E-state index in [4.69, 9.17) is 0 Å². The number of sulfone groups is 1. The van der Waals surface area contributed by atoms with E-state index in [0.717, 1.165) is 17.8 Å². The highest BCUT2D eigenvalue weighted by Crippen LogP contribution is 2.17. The van der Waals surface area contributed by atoms with Gasteiger partial charge in [-0.25, -0.2) is 13.2 Å². The maximum Gasteiger partial charge on any atom is 0.321 e. The molecule has 2 N–H and O–H groups in total. The summed E-state index contributed by atoms with van der Waals surface area (Å²) >= 11 is 1.33. The van der Waals surface area contributed by atoms with Gasteiger partial charge in [-0.3, -0.25) is 5.32 Å². The van der Waals surface area contributed by atoms with E-state index in [1.807, 2.05) is 6.92 Å². The minimum Gasteiger partial charge on any atom is -0.334 e. The van der Waals surface area contributed by atoms with Gasteiger partial charge in [0.1, 0.15) is 5.01 Å². The summed E-state index contributed by atoms with van der Waals surface area (Å²) in [4.78, 5) is 11.7. The minimum absolute atomic E-state index is 0.0115. The van der Waals surface area contributed by atoms with Crippen LogP contribution in [-0.4, -0.2) is 42.2 Å². The molecule has 1 fully saturated rings. The molecule has 1 saturated heterocycles. The Kier molecular flexibility index (Phi) is 4.35. The van der Waals surface area contributed by atoms with E-state index < -0.39 is 15.9 Å². The van der Waals surface area contributed by atoms with Crippen molar-refractivity contribution in [3.63, 3.8) is 0 Å². The Morgan fingerprint density at radius 1 is 1.47 bits per heavy atom. The lowest BCUT2D eigenvalue weighted by atomic mass is 10.3. The molecule has 0 aliphatic carbocycles.